The van der Waals surface area contributed by atoms with Gasteiger partial charge in [-0.3, -0.25) is 4.55 Å². The third kappa shape index (κ3) is 0.757. The molecular weight excluding hydrogens is 127 g/mol. The van der Waals surface area contributed by atoms with Gasteiger partial charge in [0, 0.05) is 0 Å². The van der Waals surface area contributed by atoms with Gasteiger partial charge in [-0.15, -0.1) is 0 Å². The van der Waals surface area contributed by atoms with Crippen LogP contribution in [0.25, 0.3) is 0 Å². The van der Waals surface area contributed by atoms with Crippen LogP contribution >= 0.6 is 0 Å². The zero-order valence-electron chi connectivity index (χ0n) is 4.59. The average molecular weight is 134 g/mol. The highest BCUT2D eigenvalue weighted by Crippen LogP contribution is 2.38. The standard InChI is InChI=1S/C3H7BO3S/c4-3(1-2-3)8(5,6)7/h1-2,4H2,(H,5,6,7). The second kappa shape index (κ2) is 1.27. The highest BCUT2D eigenvalue weighted by atomic mass is 32.2. The zero-order chi connectivity index (χ0) is 6.41. The lowest BCUT2D eigenvalue weighted by Gasteiger charge is -1.99. The smallest absolute Gasteiger partial charge is 0.262 e. The van der Waals surface area contributed by atoms with Crippen LogP contribution in [0.1, 0.15) is 12.8 Å². The zero-order valence-corrected chi connectivity index (χ0v) is 5.40. The predicted octanol–water partition coefficient (Wildman–Crippen LogP) is -1.00. The van der Waals surface area contributed by atoms with Crippen molar-refractivity contribution >= 4 is 18.0 Å². The molecular formula is C3H7BO3S. The van der Waals surface area contributed by atoms with Gasteiger partial charge in [0.2, 0.25) is 0 Å². The number of rotatable bonds is 1. The highest BCUT2D eigenvalue weighted by molar-refractivity contribution is 7.88. The fraction of sp³-hybridized carbons (Fsp3) is 1.00. The van der Waals surface area contributed by atoms with Crippen LogP contribution in [0.5, 0.6) is 0 Å². The lowest BCUT2D eigenvalue weighted by Crippen LogP contribution is -2.21. The van der Waals surface area contributed by atoms with Gasteiger partial charge in [0.1, 0.15) is 7.85 Å². The molecule has 1 aliphatic carbocycles. The molecule has 0 bridgehead atoms. The summed E-state index contributed by atoms with van der Waals surface area (Å²) >= 11 is 0. The Kier molecular flexibility index (Phi) is 0.972. The van der Waals surface area contributed by atoms with Gasteiger partial charge in [0.25, 0.3) is 10.1 Å². The summed E-state index contributed by atoms with van der Waals surface area (Å²) in [4.78, 5) is 0. The molecule has 0 unspecified atom stereocenters. The molecule has 8 heavy (non-hydrogen) atoms. The maximum atomic E-state index is 10.3. The Labute approximate surface area is 49.2 Å². The van der Waals surface area contributed by atoms with Crippen LogP contribution in [0.4, 0.5) is 0 Å². The average Bonchev–Trinajstić information content (AvgIpc) is 2.16. The van der Waals surface area contributed by atoms with E-state index in [0.29, 0.717) is 12.8 Å². The Morgan fingerprint density at radius 3 is 1.88 bits per heavy atom. The van der Waals surface area contributed by atoms with Crippen LogP contribution in [-0.4, -0.2) is 25.5 Å². The van der Waals surface area contributed by atoms with Crippen molar-refractivity contribution in [3.63, 3.8) is 0 Å². The summed E-state index contributed by atoms with van der Waals surface area (Å²) in [6.07, 6.45) is 1.21. The molecule has 0 saturated heterocycles. The normalized spacial score (nSPS) is 25.1. The summed E-state index contributed by atoms with van der Waals surface area (Å²) in [7, 11) is -2.19. The van der Waals surface area contributed by atoms with E-state index < -0.39 is 14.8 Å². The summed E-state index contributed by atoms with van der Waals surface area (Å²) in [6, 6.07) is 0. The highest BCUT2D eigenvalue weighted by Gasteiger charge is 2.48. The predicted molar refractivity (Wildman–Crippen MR) is 32.1 cm³/mol. The lowest BCUT2D eigenvalue weighted by molar-refractivity contribution is 0.477. The summed E-state index contributed by atoms with van der Waals surface area (Å²) in [5, 5.41) is 0. The van der Waals surface area contributed by atoms with E-state index in [-0.39, 0.29) is 0 Å². The van der Waals surface area contributed by atoms with E-state index in [1.807, 2.05) is 0 Å². The molecule has 0 aromatic heterocycles. The van der Waals surface area contributed by atoms with E-state index in [0.717, 1.165) is 0 Å². The van der Waals surface area contributed by atoms with E-state index in [1.54, 1.807) is 7.85 Å². The molecule has 0 aromatic rings. The molecule has 1 N–H and O–H groups in total. The first kappa shape index (κ1) is 6.10. The quantitative estimate of drug-likeness (QED) is 0.369. The van der Waals surface area contributed by atoms with Crippen LogP contribution in [0.2, 0.25) is 0 Å². The summed E-state index contributed by atoms with van der Waals surface area (Å²) < 4.78 is 28.1. The molecule has 1 rings (SSSR count). The van der Waals surface area contributed by atoms with Crippen molar-refractivity contribution in [2.45, 2.75) is 17.5 Å². The first-order valence-corrected chi connectivity index (χ1v) is 3.87. The number of hydrogen-bond donors (Lipinski definition) is 1. The second-order valence-electron chi connectivity index (χ2n) is 2.42. The van der Waals surface area contributed by atoms with Crippen molar-refractivity contribution in [1.82, 2.24) is 0 Å². The molecule has 1 aliphatic rings. The Bertz CT molecular complexity index is 191. The van der Waals surface area contributed by atoms with Crippen LogP contribution in [0.3, 0.4) is 0 Å². The maximum absolute atomic E-state index is 10.3. The largest absolute Gasteiger partial charge is 0.286 e. The first-order valence-electron chi connectivity index (χ1n) is 2.43. The van der Waals surface area contributed by atoms with Crippen molar-refractivity contribution in [3.8, 4) is 0 Å². The van der Waals surface area contributed by atoms with E-state index >= 15 is 0 Å². The van der Waals surface area contributed by atoms with Gasteiger partial charge in [-0.1, -0.05) is 0 Å². The van der Waals surface area contributed by atoms with Gasteiger partial charge < -0.3 is 0 Å². The molecule has 46 valence electrons. The fourth-order valence-corrected chi connectivity index (χ4v) is 1.05. The van der Waals surface area contributed by atoms with Gasteiger partial charge >= 0.3 is 0 Å². The monoisotopic (exact) mass is 134 g/mol. The third-order valence-corrected chi connectivity index (χ3v) is 3.23. The fourth-order valence-electron chi connectivity index (χ4n) is 0.434. The molecule has 1 fully saturated rings. The third-order valence-electron chi connectivity index (χ3n) is 1.58. The molecule has 3 nitrogen and oxygen atoms in total. The second-order valence-corrected chi connectivity index (χ2v) is 4.36. The molecule has 0 atom stereocenters. The molecule has 0 aliphatic heterocycles. The molecule has 0 amide bonds. The van der Waals surface area contributed by atoms with Gasteiger partial charge in [-0.25, -0.2) is 0 Å². The molecule has 0 radical (unpaired) electrons. The van der Waals surface area contributed by atoms with E-state index in [9.17, 15) is 8.42 Å². The molecule has 0 heterocycles. The van der Waals surface area contributed by atoms with Crippen LogP contribution in [0, 0.1) is 0 Å². The van der Waals surface area contributed by atoms with Gasteiger partial charge in [-0.05, 0) is 12.8 Å². The van der Waals surface area contributed by atoms with E-state index in [1.165, 1.54) is 0 Å². The molecule has 5 heteroatoms. The minimum absolute atomic E-state index is 0.603. The Hall–Kier alpha value is -0.0251. The van der Waals surface area contributed by atoms with E-state index in [2.05, 4.69) is 0 Å². The van der Waals surface area contributed by atoms with Crippen LogP contribution in [0.15, 0.2) is 0 Å². The van der Waals surface area contributed by atoms with Crippen LogP contribution < -0.4 is 0 Å². The maximum Gasteiger partial charge on any atom is 0.262 e. The minimum atomic E-state index is -3.73. The molecule has 0 spiro atoms. The number of hydrogen-bond acceptors (Lipinski definition) is 2. The van der Waals surface area contributed by atoms with Crippen molar-refractivity contribution < 1.29 is 13.0 Å². The topological polar surface area (TPSA) is 54.4 Å². The lowest BCUT2D eigenvalue weighted by atomic mass is 10.0. The molecule has 1 saturated carbocycles. The van der Waals surface area contributed by atoms with Gasteiger partial charge in [-0.2, -0.15) is 8.42 Å². The van der Waals surface area contributed by atoms with Gasteiger partial charge in [0.05, 0.1) is 4.65 Å². The van der Waals surface area contributed by atoms with E-state index in [4.69, 9.17) is 4.55 Å². The van der Waals surface area contributed by atoms with Crippen molar-refractivity contribution in [2.75, 3.05) is 0 Å². The SMILES string of the molecule is BC1(S(=O)(=O)O)CC1. The summed E-state index contributed by atoms with van der Waals surface area (Å²) in [6.45, 7) is 0. The van der Waals surface area contributed by atoms with Crippen molar-refractivity contribution in [2.24, 2.45) is 0 Å². The summed E-state index contributed by atoms with van der Waals surface area (Å²) in [5.41, 5.74) is 0. The van der Waals surface area contributed by atoms with Crippen molar-refractivity contribution in [3.05, 3.63) is 0 Å². The Morgan fingerprint density at radius 1 is 1.50 bits per heavy atom. The first-order chi connectivity index (χ1) is 3.46. The Balaban J connectivity index is 2.90. The molecule has 0 aromatic carbocycles. The Morgan fingerprint density at radius 2 is 1.88 bits per heavy atom. The minimum Gasteiger partial charge on any atom is -0.286 e. The van der Waals surface area contributed by atoms with Gasteiger partial charge in [0.15, 0.2) is 0 Å². The summed E-state index contributed by atoms with van der Waals surface area (Å²) in [5.74, 6) is 0. The van der Waals surface area contributed by atoms with Crippen molar-refractivity contribution in [1.29, 1.82) is 0 Å². The van der Waals surface area contributed by atoms with Crippen LogP contribution in [-0.2, 0) is 10.1 Å².